The van der Waals surface area contributed by atoms with E-state index in [1.807, 2.05) is 0 Å². The highest BCUT2D eigenvalue weighted by Gasteiger charge is 1.96. The third-order valence-corrected chi connectivity index (χ3v) is 3.04. The van der Waals surface area contributed by atoms with Crippen LogP contribution in [0.5, 0.6) is 0 Å². The van der Waals surface area contributed by atoms with E-state index in [4.69, 9.17) is 14.9 Å². The average molecular weight is 275 g/mol. The van der Waals surface area contributed by atoms with E-state index in [0.717, 1.165) is 38.5 Å². The van der Waals surface area contributed by atoms with Gasteiger partial charge in [-0.05, 0) is 25.3 Å². The number of ether oxygens (including phenoxy) is 1. The first-order valence-corrected chi connectivity index (χ1v) is 7.77. The van der Waals surface area contributed by atoms with E-state index in [1.54, 1.807) is 0 Å². The molecule has 4 heteroatoms. The lowest BCUT2D eigenvalue weighted by molar-refractivity contribution is -0.0373. The summed E-state index contributed by atoms with van der Waals surface area (Å²) in [6.07, 6.45) is 7.49. The summed E-state index contributed by atoms with van der Waals surface area (Å²) in [5.41, 5.74) is 0. The second kappa shape index (κ2) is 14.3. The van der Waals surface area contributed by atoms with Crippen LogP contribution in [0.4, 0.5) is 0 Å². The summed E-state index contributed by atoms with van der Waals surface area (Å²) in [5.74, 6) is 0.837. The largest absolute Gasteiger partial charge is 0.381 e. The van der Waals surface area contributed by atoms with E-state index < -0.39 is 6.29 Å². The standard InChI is InChI=1S/C15H33NO3/c1-14(2)9-6-4-3-5-7-11-19-12-8-10-16-13-15(17)18/h14-18H,3-13H2,1-2H3. The maximum atomic E-state index is 8.61. The predicted octanol–water partition coefficient (Wildman–Crippen LogP) is 2.29. The Morgan fingerprint density at radius 2 is 1.53 bits per heavy atom. The van der Waals surface area contributed by atoms with Crippen LogP contribution >= 0.6 is 0 Å². The number of aliphatic hydroxyl groups excluding tert-OH is 1. The van der Waals surface area contributed by atoms with Crippen LogP contribution in [-0.2, 0) is 4.74 Å². The van der Waals surface area contributed by atoms with Crippen molar-refractivity contribution in [2.75, 3.05) is 26.3 Å². The number of hydrogen-bond acceptors (Lipinski definition) is 4. The lowest BCUT2D eigenvalue weighted by atomic mass is 10.0. The molecule has 0 heterocycles. The predicted molar refractivity (Wildman–Crippen MR) is 79.1 cm³/mol. The normalized spacial score (nSPS) is 11.7. The molecule has 116 valence electrons. The molecule has 0 aromatic rings. The second-order valence-corrected chi connectivity index (χ2v) is 5.60. The maximum Gasteiger partial charge on any atom is 0.164 e. The Labute approximate surface area is 118 Å². The van der Waals surface area contributed by atoms with Crippen molar-refractivity contribution in [1.82, 2.24) is 5.32 Å². The van der Waals surface area contributed by atoms with Crippen molar-refractivity contribution < 1.29 is 14.9 Å². The van der Waals surface area contributed by atoms with Crippen LogP contribution in [0.2, 0.25) is 0 Å². The van der Waals surface area contributed by atoms with Gasteiger partial charge >= 0.3 is 0 Å². The van der Waals surface area contributed by atoms with E-state index in [-0.39, 0.29) is 6.54 Å². The van der Waals surface area contributed by atoms with Crippen molar-refractivity contribution in [3.63, 3.8) is 0 Å². The van der Waals surface area contributed by atoms with Gasteiger partial charge in [0, 0.05) is 19.8 Å². The molecule has 0 rings (SSSR count). The first-order chi connectivity index (χ1) is 9.13. The molecule has 0 spiro atoms. The van der Waals surface area contributed by atoms with Crippen LogP contribution < -0.4 is 5.32 Å². The van der Waals surface area contributed by atoms with Gasteiger partial charge in [0.2, 0.25) is 0 Å². The first kappa shape index (κ1) is 18.8. The third-order valence-electron chi connectivity index (χ3n) is 3.04. The summed E-state index contributed by atoms with van der Waals surface area (Å²) < 4.78 is 5.52. The van der Waals surface area contributed by atoms with Crippen molar-refractivity contribution in [1.29, 1.82) is 0 Å². The Bertz CT molecular complexity index is 157. The van der Waals surface area contributed by atoms with Crippen molar-refractivity contribution in [2.45, 2.75) is 65.1 Å². The fourth-order valence-electron chi connectivity index (χ4n) is 1.92. The summed E-state index contributed by atoms with van der Waals surface area (Å²) in [6.45, 7) is 7.17. The van der Waals surface area contributed by atoms with Gasteiger partial charge in [-0.3, -0.25) is 0 Å². The summed E-state index contributed by atoms with van der Waals surface area (Å²) in [4.78, 5) is 0. The molecule has 0 aliphatic heterocycles. The molecule has 0 bridgehead atoms. The average Bonchev–Trinajstić information content (AvgIpc) is 2.34. The van der Waals surface area contributed by atoms with E-state index in [0.29, 0.717) is 0 Å². The Balaban J connectivity index is 2.95. The Hall–Kier alpha value is -0.160. The topological polar surface area (TPSA) is 61.7 Å². The van der Waals surface area contributed by atoms with Gasteiger partial charge in [0.05, 0.1) is 0 Å². The van der Waals surface area contributed by atoms with Crippen LogP contribution in [0.15, 0.2) is 0 Å². The van der Waals surface area contributed by atoms with E-state index >= 15 is 0 Å². The zero-order valence-corrected chi connectivity index (χ0v) is 12.7. The number of hydrogen-bond donors (Lipinski definition) is 3. The molecule has 0 saturated heterocycles. The van der Waals surface area contributed by atoms with Crippen LogP contribution in [0.25, 0.3) is 0 Å². The van der Waals surface area contributed by atoms with Gasteiger partial charge in [0.25, 0.3) is 0 Å². The van der Waals surface area contributed by atoms with Gasteiger partial charge in [-0.2, -0.15) is 0 Å². The Kier molecular flexibility index (Phi) is 14.1. The van der Waals surface area contributed by atoms with Gasteiger partial charge in [-0.15, -0.1) is 0 Å². The first-order valence-electron chi connectivity index (χ1n) is 7.77. The minimum atomic E-state index is -1.25. The van der Waals surface area contributed by atoms with Crippen molar-refractivity contribution in [3.05, 3.63) is 0 Å². The molecule has 0 unspecified atom stereocenters. The third kappa shape index (κ3) is 17.8. The zero-order valence-electron chi connectivity index (χ0n) is 12.7. The minimum Gasteiger partial charge on any atom is -0.381 e. The molecule has 0 fully saturated rings. The van der Waals surface area contributed by atoms with Gasteiger partial charge in [-0.25, -0.2) is 0 Å². The molecular weight excluding hydrogens is 242 g/mol. The molecule has 0 aromatic carbocycles. The van der Waals surface area contributed by atoms with E-state index in [2.05, 4.69) is 19.2 Å². The lowest BCUT2D eigenvalue weighted by Gasteiger charge is -2.07. The van der Waals surface area contributed by atoms with Gasteiger partial charge in [0.1, 0.15) is 0 Å². The Morgan fingerprint density at radius 3 is 2.21 bits per heavy atom. The van der Waals surface area contributed by atoms with E-state index in [1.165, 1.54) is 32.1 Å². The quantitative estimate of drug-likeness (QED) is 0.336. The smallest absolute Gasteiger partial charge is 0.164 e. The molecule has 4 nitrogen and oxygen atoms in total. The molecule has 0 aromatic heterocycles. The van der Waals surface area contributed by atoms with Crippen LogP contribution in [-0.4, -0.2) is 42.8 Å². The number of aliphatic hydroxyl groups is 2. The number of nitrogens with one attached hydrogen (secondary N) is 1. The SMILES string of the molecule is CC(C)CCCCCCCOCCCNCC(O)O. The van der Waals surface area contributed by atoms with Gasteiger partial charge in [-0.1, -0.05) is 46.0 Å². The summed E-state index contributed by atoms with van der Waals surface area (Å²) in [6, 6.07) is 0. The summed E-state index contributed by atoms with van der Waals surface area (Å²) in [7, 11) is 0. The summed E-state index contributed by atoms with van der Waals surface area (Å²) >= 11 is 0. The van der Waals surface area contributed by atoms with Crippen molar-refractivity contribution in [3.8, 4) is 0 Å². The van der Waals surface area contributed by atoms with Crippen molar-refractivity contribution >= 4 is 0 Å². The summed E-state index contributed by atoms with van der Waals surface area (Å²) in [5, 5.41) is 20.2. The molecule has 0 atom stereocenters. The monoisotopic (exact) mass is 275 g/mol. The molecule has 19 heavy (non-hydrogen) atoms. The fourth-order valence-corrected chi connectivity index (χ4v) is 1.92. The molecule has 0 amide bonds. The molecule has 3 N–H and O–H groups in total. The molecule has 0 saturated carbocycles. The molecular formula is C15H33NO3. The Morgan fingerprint density at radius 1 is 0.895 bits per heavy atom. The molecule has 0 aliphatic rings. The van der Waals surface area contributed by atoms with Crippen molar-refractivity contribution in [2.24, 2.45) is 5.92 Å². The van der Waals surface area contributed by atoms with Crippen LogP contribution in [0.3, 0.4) is 0 Å². The highest BCUT2D eigenvalue weighted by molar-refractivity contribution is 4.50. The van der Waals surface area contributed by atoms with Gasteiger partial charge in [0.15, 0.2) is 6.29 Å². The minimum absolute atomic E-state index is 0.233. The van der Waals surface area contributed by atoms with E-state index in [9.17, 15) is 0 Å². The number of unbranched alkanes of at least 4 members (excludes halogenated alkanes) is 4. The molecule has 0 aliphatic carbocycles. The lowest BCUT2D eigenvalue weighted by Crippen LogP contribution is -2.27. The maximum absolute atomic E-state index is 8.61. The van der Waals surface area contributed by atoms with Crippen LogP contribution in [0.1, 0.15) is 58.8 Å². The van der Waals surface area contributed by atoms with Crippen LogP contribution in [0, 0.1) is 5.92 Å². The highest BCUT2D eigenvalue weighted by Crippen LogP contribution is 2.10. The zero-order chi connectivity index (χ0) is 14.3. The number of rotatable bonds is 14. The highest BCUT2D eigenvalue weighted by atomic mass is 16.5. The fraction of sp³-hybridized carbons (Fsp3) is 1.00. The van der Waals surface area contributed by atoms with Gasteiger partial charge < -0.3 is 20.3 Å². The second-order valence-electron chi connectivity index (χ2n) is 5.60. The molecule has 0 radical (unpaired) electrons.